The predicted molar refractivity (Wildman–Crippen MR) is 121 cm³/mol. The third-order valence-corrected chi connectivity index (χ3v) is 16.1. The molecule has 1 aromatic carbocycles. The van der Waals surface area contributed by atoms with Crippen molar-refractivity contribution in [3.8, 4) is 5.04 Å². The predicted octanol–water partition coefficient (Wildman–Crippen LogP) is 8.93. The molecular formula is C19H19P5. The van der Waals surface area contributed by atoms with Gasteiger partial charge in [-0.05, 0) is 58.2 Å². The lowest BCUT2D eigenvalue weighted by atomic mass is 9.90. The molecule has 1 aliphatic carbocycles. The van der Waals surface area contributed by atoms with E-state index < -0.39 is 0 Å². The summed E-state index contributed by atoms with van der Waals surface area (Å²) in [6.07, 6.45) is 5.09. The molecule has 1 aliphatic rings. The number of allylic oxidation sites excluding steroid dienone is 1. The molecule has 0 bridgehead atoms. The van der Waals surface area contributed by atoms with E-state index in [1.165, 1.54) is 26.3 Å². The van der Waals surface area contributed by atoms with Gasteiger partial charge in [0.15, 0.2) is 0 Å². The number of hydrogen-bond acceptors (Lipinski definition) is 0. The highest BCUT2D eigenvalue weighted by Crippen LogP contribution is 2.67. The summed E-state index contributed by atoms with van der Waals surface area (Å²) in [5.41, 5.74) is 4.88. The van der Waals surface area contributed by atoms with Gasteiger partial charge in [-0.15, -0.1) is 16.1 Å². The van der Waals surface area contributed by atoms with Crippen LogP contribution in [0.1, 0.15) is 42.1 Å². The van der Waals surface area contributed by atoms with E-state index in [2.05, 4.69) is 54.9 Å². The highest BCUT2D eigenvalue weighted by Gasteiger charge is 2.30. The molecule has 0 saturated carbocycles. The number of rotatable bonds is 4. The fourth-order valence-corrected chi connectivity index (χ4v) is 15.6. The van der Waals surface area contributed by atoms with Crippen LogP contribution in [-0.2, 0) is 0 Å². The van der Waals surface area contributed by atoms with Crippen molar-refractivity contribution in [2.75, 3.05) is 0 Å². The zero-order valence-electron chi connectivity index (χ0n) is 13.5. The molecule has 5 unspecified atom stereocenters. The van der Waals surface area contributed by atoms with E-state index in [4.69, 9.17) is 0 Å². The molecule has 3 aromatic heterocycles. The van der Waals surface area contributed by atoms with Gasteiger partial charge in [0.2, 0.25) is 0 Å². The van der Waals surface area contributed by atoms with Crippen LogP contribution in [0.15, 0.2) is 41.9 Å². The highest BCUT2D eigenvalue weighted by molar-refractivity contribution is 8.16. The summed E-state index contributed by atoms with van der Waals surface area (Å²) < 4.78 is 0. The zero-order valence-corrected chi connectivity index (χ0v) is 18.3. The van der Waals surface area contributed by atoms with Gasteiger partial charge in [-0.1, -0.05) is 54.5 Å². The molecule has 24 heavy (non-hydrogen) atoms. The van der Waals surface area contributed by atoms with Crippen molar-refractivity contribution in [2.45, 2.75) is 25.7 Å². The second kappa shape index (κ2) is 6.37. The Morgan fingerprint density at radius 1 is 1.21 bits per heavy atom. The van der Waals surface area contributed by atoms with Crippen LogP contribution in [0.3, 0.4) is 0 Å². The van der Waals surface area contributed by atoms with Crippen molar-refractivity contribution in [3.05, 3.63) is 58.4 Å². The summed E-state index contributed by atoms with van der Waals surface area (Å²) >= 11 is 0. The maximum Gasteiger partial charge on any atom is 0.0229 e. The quantitative estimate of drug-likeness (QED) is 0.320. The van der Waals surface area contributed by atoms with E-state index in [1.807, 2.05) is 0 Å². The highest BCUT2D eigenvalue weighted by atomic mass is 31.9. The molecule has 0 radical (unpaired) electrons. The standard InChI is InChI=1S/C19H19P5/c1-2-4-13-14(15-5-3-9-20-15)11-12-6-7-16-19(18(12)13)24(23-16)17-8-10-21-22-17/h3,5-11,13,20,22-23H,2,4H2,1H3. The third-order valence-electron chi connectivity index (χ3n) is 4.95. The minimum Gasteiger partial charge on any atom is -0.132 e. The Labute approximate surface area is 150 Å². The average Bonchev–Trinajstić information content (AvgIpc) is 3.29. The van der Waals surface area contributed by atoms with E-state index in [1.54, 1.807) is 31.7 Å². The van der Waals surface area contributed by atoms with Gasteiger partial charge in [0, 0.05) is 21.2 Å². The van der Waals surface area contributed by atoms with Crippen molar-refractivity contribution in [3.63, 3.8) is 0 Å². The van der Waals surface area contributed by atoms with Gasteiger partial charge in [-0.25, -0.2) is 0 Å². The van der Waals surface area contributed by atoms with Gasteiger partial charge >= 0.3 is 0 Å². The van der Waals surface area contributed by atoms with Gasteiger partial charge in [0.05, 0.1) is 0 Å². The lowest BCUT2D eigenvalue weighted by molar-refractivity contribution is 0.743. The second-order valence-electron chi connectivity index (χ2n) is 6.38. The summed E-state index contributed by atoms with van der Waals surface area (Å²) in [7, 11) is 4.51. The van der Waals surface area contributed by atoms with E-state index in [0.29, 0.717) is 5.92 Å². The molecule has 4 aromatic rings. The van der Waals surface area contributed by atoms with E-state index in [-0.39, 0.29) is 7.21 Å². The first-order valence-electron chi connectivity index (χ1n) is 8.45. The first-order valence-corrected chi connectivity index (χ1v) is 15.5. The van der Waals surface area contributed by atoms with Crippen LogP contribution in [0.25, 0.3) is 26.9 Å². The molecule has 0 nitrogen and oxygen atoms in total. The van der Waals surface area contributed by atoms with Crippen molar-refractivity contribution in [1.82, 2.24) is 0 Å². The third kappa shape index (κ3) is 2.40. The van der Waals surface area contributed by atoms with Crippen LogP contribution in [0.5, 0.6) is 0 Å². The number of fused-ring (bicyclic) bond motifs is 3. The fraction of sp³-hybridized carbons (Fsp3) is 0.211. The largest absolute Gasteiger partial charge is 0.132 e. The monoisotopic (exact) mass is 402 g/mol. The summed E-state index contributed by atoms with van der Waals surface area (Å²) in [6, 6.07) is 11.9. The Kier molecular flexibility index (Phi) is 4.19. The molecule has 5 rings (SSSR count). The molecule has 0 saturated heterocycles. The lowest BCUT2D eigenvalue weighted by Crippen LogP contribution is -1.98. The molecule has 5 atom stereocenters. The van der Waals surface area contributed by atoms with Gasteiger partial charge in [-0.3, -0.25) is 0 Å². The second-order valence-corrected chi connectivity index (χ2v) is 15.1. The van der Waals surface area contributed by atoms with Gasteiger partial charge in [-0.2, -0.15) is 0 Å². The van der Waals surface area contributed by atoms with Crippen molar-refractivity contribution in [2.24, 2.45) is 0 Å². The Hall–Kier alpha value is -0.450. The van der Waals surface area contributed by atoms with Crippen LogP contribution in [0.4, 0.5) is 0 Å². The van der Waals surface area contributed by atoms with Crippen LogP contribution in [0.2, 0.25) is 0 Å². The van der Waals surface area contributed by atoms with Gasteiger partial charge in [0.1, 0.15) is 0 Å². The van der Waals surface area contributed by atoms with Crippen molar-refractivity contribution < 1.29 is 0 Å². The number of benzene rings is 1. The summed E-state index contributed by atoms with van der Waals surface area (Å²) in [4.78, 5) is 0. The molecule has 0 fully saturated rings. The molecule has 0 amide bonds. The Morgan fingerprint density at radius 2 is 2.17 bits per heavy atom. The Bertz CT molecular complexity index is 1010. The van der Waals surface area contributed by atoms with E-state index in [0.717, 1.165) is 23.9 Å². The van der Waals surface area contributed by atoms with E-state index >= 15 is 0 Å². The van der Waals surface area contributed by atoms with Crippen LogP contribution < -0.4 is 0 Å². The maximum atomic E-state index is 2.52. The maximum absolute atomic E-state index is 2.52. The Morgan fingerprint density at radius 3 is 2.92 bits per heavy atom. The topological polar surface area (TPSA) is 0 Å². The van der Waals surface area contributed by atoms with Gasteiger partial charge in [0.25, 0.3) is 0 Å². The zero-order chi connectivity index (χ0) is 16.1. The summed E-state index contributed by atoms with van der Waals surface area (Å²) in [5.74, 6) is 5.35. The molecule has 5 heteroatoms. The molecule has 0 aliphatic heterocycles. The first kappa shape index (κ1) is 15.8. The van der Waals surface area contributed by atoms with Crippen LogP contribution >= 0.6 is 39.0 Å². The molecule has 0 N–H and O–H groups in total. The summed E-state index contributed by atoms with van der Waals surface area (Å²) in [6.45, 7) is 2.34. The summed E-state index contributed by atoms with van der Waals surface area (Å²) in [5, 5.41) is 6.81. The number of hydrogen-bond donors (Lipinski definition) is 0. The molecule has 3 heterocycles. The smallest absolute Gasteiger partial charge is 0.0229 e. The van der Waals surface area contributed by atoms with Crippen LogP contribution in [-0.4, -0.2) is 0 Å². The van der Waals surface area contributed by atoms with Crippen LogP contribution in [0, 0.1) is 0 Å². The fourth-order valence-electron chi connectivity index (χ4n) is 3.91. The Balaban J connectivity index is 1.70. The molecule has 120 valence electrons. The normalized spacial score (nSPS) is 18.8. The lowest BCUT2D eigenvalue weighted by Gasteiger charge is -2.22. The van der Waals surface area contributed by atoms with Crippen molar-refractivity contribution in [1.29, 1.82) is 0 Å². The SMILES string of the molecule is CCCC1C(c2ccc[pH]2)=Cc2ccc3[pH]p(-c4ccp[pH]4)c3c21. The van der Waals surface area contributed by atoms with Crippen molar-refractivity contribution >= 4 is 60.9 Å². The first-order chi connectivity index (χ1) is 11.9. The van der Waals surface area contributed by atoms with Gasteiger partial charge < -0.3 is 0 Å². The average molecular weight is 402 g/mol. The molecular weight excluding hydrogens is 383 g/mol. The van der Waals surface area contributed by atoms with E-state index in [9.17, 15) is 0 Å². The minimum atomic E-state index is 0.0107. The minimum absolute atomic E-state index is 0.0107. The molecule has 0 spiro atoms.